The molecule has 2 N–H and O–H groups in total. The van der Waals surface area contributed by atoms with E-state index in [9.17, 15) is 13.6 Å². The average Bonchev–Trinajstić information content (AvgIpc) is 3.21. The molecule has 2 fully saturated rings. The highest BCUT2D eigenvalue weighted by atomic mass is 19.1. The number of nitrogens with zero attached hydrogens (tertiary/aromatic N) is 1. The molecule has 1 aromatic rings. The number of amides is 1. The van der Waals surface area contributed by atoms with Gasteiger partial charge in [-0.3, -0.25) is 4.79 Å². The Kier molecular flexibility index (Phi) is 3.46. The van der Waals surface area contributed by atoms with E-state index < -0.39 is 11.6 Å². The van der Waals surface area contributed by atoms with Gasteiger partial charge in [-0.1, -0.05) is 0 Å². The molecular weight excluding hydrogens is 262 g/mol. The Bertz CT molecular complexity index is 535. The maximum absolute atomic E-state index is 13.7. The van der Waals surface area contributed by atoms with E-state index in [1.165, 1.54) is 6.07 Å². The van der Waals surface area contributed by atoms with Crippen molar-refractivity contribution in [2.75, 3.05) is 13.1 Å². The van der Waals surface area contributed by atoms with Crippen LogP contribution in [0.1, 0.15) is 30.7 Å². The Balaban J connectivity index is 1.69. The van der Waals surface area contributed by atoms with Gasteiger partial charge >= 0.3 is 0 Å². The summed E-state index contributed by atoms with van der Waals surface area (Å²) < 4.78 is 26.9. The molecule has 1 amide bonds. The lowest BCUT2D eigenvalue weighted by Crippen LogP contribution is -2.46. The second-order valence-electron chi connectivity index (χ2n) is 5.80. The van der Waals surface area contributed by atoms with Crippen LogP contribution in [-0.2, 0) is 4.79 Å². The van der Waals surface area contributed by atoms with Gasteiger partial charge in [-0.25, -0.2) is 8.78 Å². The largest absolute Gasteiger partial charge is 0.341 e. The lowest BCUT2D eigenvalue weighted by molar-refractivity contribution is -0.133. The Labute approximate surface area is 116 Å². The minimum Gasteiger partial charge on any atom is -0.341 e. The molecule has 3 atom stereocenters. The van der Waals surface area contributed by atoms with Gasteiger partial charge in [0.05, 0.1) is 0 Å². The Hall–Kier alpha value is -1.49. The highest BCUT2D eigenvalue weighted by Gasteiger charge is 2.47. The minimum absolute atomic E-state index is 0.0359. The van der Waals surface area contributed by atoms with Crippen molar-refractivity contribution in [2.45, 2.75) is 31.2 Å². The van der Waals surface area contributed by atoms with Gasteiger partial charge in [0, 0.05) is 25.0 Å². The van der Waals surface area contributed by atoms with Gasteiger partial charge in [-0.2, -0.15) is 0 Å². The molecule has 5 heteroatoms. The molecule has 108 valence electrons. The molecule has 3 rings (SSSR count). The van der Waals surface area contributed by atoms with Crippen molar-refractivity contribution in [1.82, 2.24) is 4.90 Å². The van der Waals surface area contributed by atoms with Crippen LogP contribution < -0.4 is 5.73 Å². The maximum Gasteiger partial charge on any atom is 0.226 e. The fourth-order valence-electron chi connectivity index (χ4n) is 3.06. The van der Waals surface area contributed by atoms with Crippen molar-refractivity contribution in [3.8, 4) is 0 Å². The monoisotopic (exact) mass is 280 g/mol. The molecule has 0 bridgehead atoms. The molecule has 20 heavy (non-hydrogen) atoms. The van der Waals surface area contributed by atoms with E-state index in [4.69, 9.17) is 5.73 Å². The fourth-order valence-corrected chi connectivity index (χ4v) is 3.06. The third-order valence-corrected chi connectivity index (χ3v) is 4.23. The first-order valence-electron chi connectivity index (χ1n) is 7.05. The third-order valence-electron chi connectivity index (χ3n) is 4.23. The quantitative estimate of drug-likeness (QED) is 0.901. The van der Waals surface area contributed by atoms with Crippen molar-refractivity contribution in [3.63, 3.8) is 0 Å². The summed E-state index contributed by atoms with van der Waals surface area (Å²) in [5, 5.41) is 0. The molecule has 0 radical (unpaired) electrons. The molecule has 1 saturated carbocycles. The number of hydrogen-bond donors (Lipinski definition) is 1. The van der Waals surface area contributed by atoms with Crippen LogP contribution in [0.25, 0.3) is 0 Å². The van der Waals surface area contributed by atoms with Crippen LogP contribution in [-0.4, -0.2) is 29.9 Å². The average molecular weight is 280 g/mol. The molecule has 0 unspecified atom stereocenters. The van der Waals surface area contributed by atoms with Gasteiger partial charge in [-0.05, 0) is 48.9 Å². The highest BCUT2D eigenvalue weighted by Crippen LogP contribution is 2.49. The molecule has 3 nitrogen and oxygen atoms in total. The number of carbonyl (C=O) groups is 1. The SMILES string of the molecule is N[C@@H]1CCCN(C(=O)[C@@H]2C[C@H]2c2cc(F)ccc2F)C1. The summed E-state index contributed by atoms with van der Waals surface area (Å²) in [6, 6.07) is 3.47. The van der Waals surface area contributed by atoms with E-state index in [2.05, 4.69) is 0 Å². The van der Waals surface area contributed by atoms with Gasteiger partial charge in [-0.15, -0.1) is 0 Å². The number of rotatable bonds is 2. The molecule has 0 spiro atoms. The van der Waals surface area contributed by atoms with E-state index in [0.29, 0.717) is 18.5 Å². The second-order valence-corrected chi connectivity index (χ2v) is 5.80. The lowest BCUT2D eigenvalue weighted by atomic mass is 10.0. The van der Waals surface area contributed by atoms with E-state index in [1.807, 2.05) is 0 Å². The van der Waals surface area contributed by atoms with Gasteiger partial charge in [0.15, 0.2) is 0 Å². The summed E-state index contributed by atoms with van der Waals surface area (Å²) in [6.07, 6.45) is 2.46. The van der Waals surface area contributed by atoms with Crippen LogP contribution in [0.3, 0.4) is 0 Å². The number of nitrogens with two attached hydrogens (primary N) is 1. The normalized spacial score (nSPS) is 29.4. The summed E-state index contributed by atoms with van der Waals surface area (Å²) >= 11 is 0. The molecule has 1 aliphatic heterocycles. The Morgan fingerprint density at radius 1 is 1.35 bits per heavy atom. The number of carbonyl (C=O) groups excluding carboxylic acids is 1. The first-order chi connectivity index (χ1) is 9.56. The molecular formula is C15H18F2N2O. The summed E-state index contributed by atoms with van der Waals surface area (Å²) in [6.45, 7) is 1.30. The first kappa shape index (κ1) is 13.5. The fraction of sp³-hybridized carbons (Fsp3) is 0.533. The zero-order valence-electron chi connectivity index (χ0n) is 11.2. The summed E-state index contributed by atoms with van der Waals surface area (Å²) in [4.78, 5) is 14.1. The van der Waals surface area contributed by atoms with Gasteiger partial charge in [0.1, 0.15) is 11.6 Å². The highest BCUT2D eigenvalue weighted by molar-refractivity contribution is 5.83. The van der Waals surface area contributed by atoms with Crippen LogP contribution in [0.15, 0.2) is 18.2 Å². The van der Waals surface area contributed by atoms with Crippen molar-refractivity contribution in [1.29, 1.82) is 0 Å². The summed E-state index contributed by atoms with van der Waals surface area (Å²) in [7, 11) is 0. The molecule has 1 saturated heterocycles. The summed E-state index contributed by atoms with van der Waals surface area (Å²) in [5.41, 5.74) is 6.19. The van der Waals surface area contributed by atoms with E-state index in [-0.39, 0.29) is 23.8 Å². The van der Waals surface area contributed by atoms with Crippen molar-refractivity contribution >= 4 is 5.91 Å². The van der Waals surface area contributed by atoms with Gasteiger partial charge < -0.3 is 10.6 Å². The molecule has 1 aromatic carbocycles. The van der Waals surface area contributed by atoms with E-state index in [1.54, 1.807) is 4.90 Å². The zero-order valence-corrected chi connectivity index (χ0v) is 11.2. The molecule has 2 aliphatic rings. The topological polar surface area (TPSA) is 46.3 Å². The van der Waals surface area contributed by atoms with Crippen molar-refractivity contribution in [3.05, 3.63) is 35.4 Å². The predicted molar refractivity (Wildman–Crippen MR) is 71.0 cm³/mol. The van der Waals surface area contributed by atoms with Crippen LogP contribution in [0.2, 0.25) is 0 Å². The number of halogens is 2. The van der Waals surface area contributed by atoms with Crippen LogP contribution >= 0.6 is 0 Å². The Morgan fingerprint density at radius 2 is 2.15 bits per heavy atom. The van der Waals surface area contributed by atoms with Gasteiger partial charge in [0.25, 0.3) is 0 Å². The van der Waals surface area contributed by atoms with Crippen molar-refractivity contribution < 1.29 is 13.6 Å². The third kappa shape index (κ3) is 2.54. The standard InChI is InChI=1S/C15H18F2N2O/c16-9-3-4-14(17)12(6-9)11-7-13(11)15(20)19-5-1-2-10(18)8-19/h3-4,6,10-11,13H,1-2,5,7-8,18H2/t10-,11+,13-/m1/s1. The van der Waals surface area contributed by atoms with Crippen molar-refractivity contribution in [2.24, 2.45) is 11.7 Å². The smallest absolute Gasteiger partial charge is 0.226 e. The lowest BCUT2D eigenvalue weighted by Gasteiger charge is -2.31. The van der Waals surface area contributed by atoms with E-state index in [0.717, 1.165) is 31.5 Å². The zero-order chi connectivity index (χ0) is 14.3. The number of hydrogen-bond acceptors (Lipinski definition) is 2. The second kappa shape index (κ2) is 5.13. The number of benzene rings is 1. The van der Waals surface area contributed by atoms with Gasteiger partial charge in [0.2, 0.25) is 5.91 Å². The number of likely N-dealkylation sites (tertiary alicyclic amines) is 1. The summed E-state index contributed by atoms with van der Waals surface area (Å²) in [5.74, 6) is -1.25. The predicted octanol–water partition coefficient (Wildman–Crippen LogP) is 2.02. The van der Waals surface area contributed by atoms with Crippen LogP contribution in [0.5, 0.6) is 0 Å². The maximum atomic E-state index is 13.7. The molecule has 1 aliphatic carbocycles. The molecule has 1 heterocycles. The van der Waals surface area contributed by atoms with Crippen LogP contribution in [0.4, 0.5) is 8.78 Å². The van der Waals surface area contributed by atoms with E-state index >= 15 is 0 Å². The molecule has 0 aromatic heterocycles. The minimum atomic E-state index is -0.459. The van der Waals surface area contributed by atoms with Crippen LogP contribution in [0, 0.1) is 17.6 Å². The first-order valence-corrected chi connectivity index (χ1v) is 7.05. The Morgan fingerprint density at radius 3 is 2.90 bits per heavy atom. The number of piperidine rings is 1.